The molecule has 3 heterocycles. The minimum atomic E-state index is -0.314. The number of fused-ring (bicyclic) bond motifs is 1. The number of H-pyrrole nitrogens is 1. The first kappa shape index (κ1) is 18.5. The molecule has 0 saturated carbocycles. The van der Waals surface area contributed by atoms with Crippen molar-refractivity contribution in [3.8, 4) is 0 Å². The number of carbonyl (C=O) groups is 2. The molecule has 0 atom stereocenters. The molecule has 4 aromatic rings. The average molecular weight is 388 g/mol. The van der Waals surface area contributed by atoms with Gasteiger partial charge in [0.05, 0.1) is 12.8 Å². The van der Waals surface area contributed by atoms with E-state index in [2.05, 4.69) is 26.7 Å². The van der Waals surface area contributed by atoms with Gasteiger partial charge in [-0.2, -0.15) is 0 Å². The highest BCUT2D eigenvalue weighted by Gasteiger charge is 2.12. The van der Waals surface area contributed by atoms with Crippen LogP contribution in [0.5, 0.6) is 0 Å². The Morgan fingerprint density at radius 3 is 2.79 bits per heavy atom. The first-order chi connectivity index (χ1) is 14.2. The van der Waals surface area contributed by atoms with E-state index in [1.54, 1.807) is 24.5 Å². The number of amides is 2. The second-order valence-electron chi connectivity index (χ2n) is 6.56. The lowest BCUT2D eigenvalue weighted by molar-refractivity contribution is 0.0948. The number of benzene rings is 1. The molecule has 1 aromatic carbocycles. The summed E-state index contributed by atoms with van der Waals surface area (Å²) >= 11 is 0. The summed E-state index contributed by atoms with van der Waals surface area (Å²) in [5.74, 6) is 0.0461. The minimum Gasteiger partial charge on any atom is -0.467 e. The fourth-order valence-corrected chi connectivity index (χ4v) is 3.12. The van der Waals surface area contributed by atoms with Crippen LogP contribution >= 0.6 is 0 Å². The zero-order chi connectivity index (χ0) is 20.1. The SMILES string of the molecule is O=C(NCc1ccco1)c1ccnc(C(=O)NCCc2c[nH]c3ccccc23)c1. The Labute approximate surface area is 167 Å². The van der Waals surface area contributed by atoms with Crippen molar-refractivity contribution in [1.29, 1.82) is 0 Å². The molecule has 0 unspecified atom stereocenters. The smallest absolute Gasteiger partial charge is 0.269 e. The number of pyridine rings is 1. The zero-order valence-electron chi connectivity index (χ0n) is 15.6. The van der Waals surface area contributed by atoms with Crippen LogP contribution in [0.15, 0.2) is 71.6 Å². The summed E-state index contributed by atoms with van der Waals surface area (Å²) in [4.78, 5) is 32.0. The standard InChI is InChI=1S/C22H20N4O3/c27-21(26-14-17-4-3-11-29-17)15-7-9-23-20(12-15)22(28)24-10-8-16-13-25-19-6-2-1-5-18(16)19/h1-7,9,11-13,25H,8,10,14H2,(H,24,28)(H,26,27). The number of hydrogen-bond donors (Lipinski definition) is 3. The largest absolute Gasteiger partial charge is 0.467 e. The topological polar surface area (TPSA) is 100 Å². The van der Waals surface area contributed by atoms with Crippen molar-refractivity contribution in [2.45, 2.75) is 13.0 Å². The average Bonchev–Trinajstić information content (AvgIpc) is 3.42. The Balaban J connectivity index is 1.33. The van der Waals surface area contributed by atoms with E-state index < -0.39 is 0 Å². The monoisotopic (exact) mass is 388 g/mol. The maximum absolute atomic E-state index is 12.4. The van der Waals surface area contributed by atoms with Gasteiger partial charge in [-0.3, -0.25) is 14.6 Å². The molecule has 0 fully saturated rings. The number of aromatic nitrogens is 2. The summed E-state index contributed by atoms with van der Waals surface area (Å²) in [5, 5.41) is 6.76. The van der Waals surface area contributed by atoms with E-state index >= 15 is 0 Å². The second kappa shape index (κ2) is 8.43. The molecule has 7 heteroatoms. The van der Waals surface area contributed by atoms with Gasteiger partial charge in [-0.15, -0.1) is 0 Å². The van der Waals surface area contributed by atoms with Gasteiger partial charge in [-0.05, 0) is 42.3 Å². The van der Waals surface area contributed by atoms with Gasteiger partial charge in [-0.1, -0.05) is 18.2 Å². The Morgan fingerprint density at radius 2 is 1.93 bits per heavy atom. The van der Waals surface area contributed by atoms with Crippen molar-refractivity contribution in [1.82, 2.24) is 20.6 Å². The van der Waals surface area contributed by atoms with E-state index in [1.807, 2.05) is 24.4 Å². The molecular weight excluding hydrogens is 368 g/mol. The Kier molecular flexibility index (Phi) is 5.38. The predicted octanol–water partition coefficient (Wildman–Crippen LogP) is 3.06. The van der Waals surface area contributed by atoms with Gasteiger partial charge < -0.3 is 20.0 Å². The molecule has 7 nitrogen and oxygen atoms in total. The third-order valence-electron chi connectivity index (χ3n) is 4.61. The Bertz CT molecular complexity index is 1130. The number of furan rings is 1. The maximum Gasteiger partial charge on any atom is 0.269 e. The Hall–Kier alpha value is -3.87. The lowest BCUT2D eigenvalue weighted by Gasteiger charge is -2.07. The molecule has 146 valence electrons. The third-order valence-corrected chi connectivity index (χ3v) is 4.61. The molecule has 2 amide bonds. The van der Waals surface area contributed by atoms with Crippen LogP contribution in [-0.2, 0) is 13.0 Å². The lowest BCUT2D eigenvalue weighted by atomic mass is 10.1. The molecule has 3 aromatic heterocycles. The Morgan fingerprint density at radius 1 is 1.03 bits per heavy atom. The maximum atomic E-state index is 12.4. The molecule has 0 aliphatic heterocycles. The fourth-order valence-electron chi connectivity index (χ4n) is 3.12. The lowest BCUT2D eigenvalue weighted by Crippen LogP contribution is -2.27. The molecule has 0 saturated heterocycles. The van der Waals surface area contributed by atoms with Gasteiger partial charge in [0.1, 0.15) is 11.5 Å². The first-order valence-electron chi connectivity index (χ1n) is 9.30. The highest BCUT2D eigenvalue weighted by molar-refractivity contribution is 5.98. The van der Waals surface area contributed by atoms with Crippen LogP contribution in [0.1, 0.15) is 32.2 Å². The summed E-state index contributed by atoms with van der Waals surface area (Å²) in [6.45, 7) is 0.748. The molecule has 3 N–H and O–H groups in total. The van der Waals surface area contributed by atoms with Crippen LogP contribution in [0.2, 0.25) is 0 Å². The van der Waals surface area contributed by atoms with Crippen LogP contribution in [0.25, 0.3) is 10.9 Å². The molecular formula is C22H20N4O3. The number of nitrogens with zero attached hydrogens (tertiary/aromatic N) is 1. The number of carbonyl (C=O) groups excluding carboxylic acids is 2. The minimum absolute atomic E-state index is 0.203. The van der Waals surface area contributed by atoms with Gasteiger partial charge in [0, 0.05) is 35.4 Å². The van der Waals surface area contributed by atoms with Crippen LogP contribution in [0, 0.1) is 0 Å². The molecule has 0 spiro atoms. The number of rotatable bonds is 7. The van der Waals surface area contributed by atoms with Crippen molar-refractivity contribution in [2.75, 3.05) is 6.54 Å². The van der Waals surface area contributed by atoms with E-state index in [-0.39, 0.29) is 24.1 Å². The van der Waals surface area contributed by atoms with E-state index in [9.17, 15) is 9.59 Å². The summed E-state index contributed by atoms with van der Waals surface area (Å²) in [7, 11) is 0. The van der Waals surface area contributed by atoms with Gasteiger partial charge in [0.25, 0.3) is 11.8 Å². The van der Waals surface area contributed by atoms with Gasteiger partial charge in [-0.25, -0.2) is 0 Å². The first-order valence-corrected chi connectivity index (χ1v) is 9.30. The van der Waals surface area contributed by atoms with Crippen LogP contribution < -0.4 is 10.6 Å². The molecule has 4 rings (SSSR count). The molecule has 0 aliphatic carbocycles. The molecule has 29 heavy (non-hydrogen) atoms. The summed E-state index contributed by atoms with van der Waals surface area (Å²) in [6.07, 6.45) is 5.65. The van der Waals surface area contributed by atoms with Crippen LogP contribution in [0.4, 0.5) is 0 Å². The fraction of sp³-hybridized carbons (Fsp3) is 0.136. The molecule has 0 radical (unpaired) electrons. The van der Waals surface area contributed by atoms with Gasteiger partial charge in [0.2, 0.25) is 0 Å². The van der Waals surface area contributed by atoms with Crippen LogP contribution in [0.3, 0.4) is 0 Å². The normalized spacial score (nSPS) is 10.8. The van der Waals surface area contributed by atoms with Crippen molar-refractivity contribution < 1.29 is 14.0 Å². The second-order valence-corrected chi connectivity index (χ2v) is 6.56. The van der Waals surface area contributed by atoms with Crippen molar-refractivity contribution in [3.63, 3.8) is 0 Å². The molecule has 0 bridgehead atoms. The zero-order valence-corrected chi connectivity index (χ0v) is 15.6. The highest BCUT2D eigenvalue weighted by Crippen LogP contribution is 2.17. The van der Waals surface area contributed by atoms with Crippen molar-refractivity contribution in [3.05, 3.63) is 89.8 Å². The number of para-hydroxylation sites is 1. The van der Waals surface area contributed by atoms with Crippen molar-refractivity contribution >= 4 is 22.7 Å². The van der Waals surface area contributed by atoms with Gasteiger partial charge in [0.15, 0.2) is 0 Å². The number of nitrogens with one attached hydrogen (secondary N) is 3. The number of hydrogen-bond acceptors (Lipinski definition) is 4. The van der Waals surface area contributed by atoms with Gasteiger partial charge >= 0.3 is 0 Å². The van der Waals surface area contributed by atoms with Crippen molar-refractivity contribution in [2.24, 2.45) is 0 Å². The quantitative estimate of drug-likeness (QED) is 0.453. The summed E-state index contributed by atoms with van der Waals surface area (Å²) < 4.78 is 5.19. The van der Waals surface area contributed by atoms with E-state index in [1.165, 1.54) is 12.3 Å². The highest BCUT2D eigenvalue weighted by atomic mass is 16.3. The third kappa shape index (κ3) is 4.35. The van der Waals surface area contributed by atoms with E-state index in [4.69, 9.17) is 4.42 Å². The van der Waals surface area contributed by atoms with E-state index in [0.29, 0.717) is 24.3 Å². The summed E-state index contributed by atoms with van der Waals surface area (Å²) in [6, 6.07) is 14.6. The predicted molar refractivity (Wildman–Crippen MR) is 108 cm³/mol. The van der Waals surface area contributed by atoms with E-state index in [0.717, 1.165) is 16.5 Å². The number of aromatic amines is 1. The van der Waals surface area contributed by atoms with Crippen LogP contribution in [-0.4, -0.2) is 28.3 Å². The summed E-state index contributed by atoms with van der Waals surface area (Å²) in [5.41, 5.74) is 2.78. The molecule has 0 aliphatic rings.